The average molecular weight is 499 g/mol. The van der Waals surface area contributed by atoms with Crippen molar-refractivity contribution in [2.75, 3.05) is 19.1 Å². The monoisotopic (exact) mass is 499 g/mol. The van der Waals surface area contributed by atoms with Gasteiger partial charge in [0.1, 0.15) is 11.5 Å². The fourth-order valence-electron chi connectivity index (χ4n) is 5.40. The van der Waals surface area contributed by atoms with Gasteiger partial charge < -0.3 is 19.7 Å². The van der Waals surface area contributed by atoms with E-state index < -0.39 is 52.2 Å². The van der Waals surface area contributed by atoms with Gasteiger partial charge in [0.25, 0.3) is 5.69 Å². The summed E-state index contributed by atoms with van der Waals surface area (Å²) >= 11 is 0. The summed E-state index contributed by atoms with van der Waals surface area (Å²) in [5.74, 6) is -5.07. The Morgan fingerprint density at radius 3 is 2.44 bits per heavy atom. The highest BCUT2D eigenvalue weighted by molar-refractivity contribution is 6.24. The molecule has 4 rings (SSSR count). The van der Waals surface area contributed by atoms with Crippen LogP contribution in [0, 0.1) is 28.9 Å². The van der Waals surface area contributed by atoms with Crippen LogP contribution in [0.4, 0.5) is 11.4 Å². The molecule has 0 bridgehead atoms. The van der Waals surface area contributed by atoms with Crippen molar-refractivity contribution in [2.45, 2.75) is 31.5 Å². The first-order chi connectivity index (χ1) is 17.0. The summed E-state index contributed by atoms with van der Waals surface area (Å²) in [6.07, 6.45) is -1.58. The molecule has 36 heavy (non-hydrogen) atoms. The van der Waals surface area contributed by atoms with E-state index in [2.05, 4.69) is 5.32 Å². The standard InChI is InChI=1S/C24H25N3O9/c1-11-16(35-3)9-8-15(20(11)36-4)19-17-18(24(25-19,12(2)28)23(31)32)22(30)26(21(17)29)13-6-5-7-14(10-13)27(33)34/h5-10,12,17-19,25,28H,1-4H3,(H,31,32). The van der Waals surface area contributed by atoms with Gasteiger partial charge in [0.15, 0.2) is 5.54 Å². The van der Waals surface area contributed by atoms with Gasteiger partial charge in [-0.15, -0.1) is 0 Å². The Kier molecular flexibility index (Phi) is 6.18. The molecule has 3 N–H and O–H groups in total. The number of benzene rings is 2. The third-order valence-electron chi connectivity index (χ3n) is 7.05. The number of carbonyl (C=O) groups is 3. The molecular formula is C24H25N3O9. The minimum atomic E-state index is -2.21. The van der Waals surface area contributed by atoms with Crippen LogP contribution < -0.4 is 19.7 Å². The molecule has 2 aliphatic rings. The highest BCUT2D eigenvalue weighted by Gasteiger charge is 2.70. The molecule has 5 unspecified atom stereocenters. The number of ether oxygens (including phenoxy) is 2. The lowest BCUT2D eigenvalue weighted by Gasteiger charge is -2.33. The molecule has 0 spiro atoms. The van der Waals surface area contributed by atoms with E-state index in [1.807, 2.05) is 0 Å². The number of aliphatic hydroxyl groups is 1. The number of carboxylic acids is 1. The molecule has 0 saturated carbocycles. The summed E-state index contributed by atoms with van der Waals surface area (Å²) in [6.45, 7) is 2.95. The maximum absolute atomic E-state index is 13.8. The molecule has 2 aromatic carbocycles. The number of amides is 2. The molecule has 2 heterocycles. The highest BCUT2D eigenvalue weighted by Crippen LogP contribution is 2.53. The topological polar surface area (TPSA) is 169 Å². The molecule has 12 heteroatoms. The molecule has 2 aromatic rings. The summed E-state index contributed by atoms with van der Waals surface area (Å²) in [5, 5.41) is 35.1. The van der Waals surface area contributed by atoms with Crippen LogP contribution in [0.1, 0.15) is 24.1 Å². The average Bonchev–Trinajstić information content (AvgIpc) is 3.33. The van der Waals surface area contributed by atoms with Crippen molar-refractivity contribution < 1.29 is 39.0 Å². The van der Waals surface area contributed by atoms with Gasteiger partial charge in [0, 0.05) is 29.3 Å². The lowest BCUT2D eigenvalue weighted by atomic mass is 9.76. The third kappa shape index (κ3) is 3.40. The number of nitrogens with one attached hydrogen (secondary N) is 1. The van der Waals surface area contributed by atoms with Crippen LogP contribution in [0.15, 0.2) is 36.4 Å². The number of hydrogen-bond donors (Lipinski definition) is 3. The van der Waals surface area contributed by atoms with Gasteiger partial charge in [-0.3, -0.25) is 29.8 Å². The number of methoxy groups -OCH3 is 2. The van der Waals surface area contributed by atoms with Gasteiger partial charge >= 0.3 is 5.97 Å². The van der Waals surface area contributed by atoms with Crippen molar-refractivity contribution in [3.63, 3.8) is 0 Å². The van der Waals surface area contributed by atoms with E-state index in [1.165, 1.54) is 39.3 Å². The number of nitro groups is 1. The molecule has 0 aliphatic carbocycles. The van der Waals surface area contributed by atoms with Crippen molar-refractivity contribution >= 4 is 29.2 Å². The van der Waals surface area contributed by atoms with E-state index in [0.717, 1.165) is 11.0 Å². The minimum absolute atomic E-state index is 0.0601. The Balaban J connectivity index is 1.93. The predicted octanol–water partition coefficient (Wildman–Crippen LogP) is 1.57. The molecule has 5 atom stereocenters. The molecule has 2 amide bonds. The second kappa shape index (κ2) is 8.88. The van der Waals surface area contributed by atoms with E-state index in [9.17, 15) is 34.7 Å². The van der Waals surface area contributed by atoms with Gasteiger partial charge in [0.2, 0.25) is 11.8 Å². The number of carboxylic acid groups (broad SMARTS) is 1. The number of nitro benzene ring substituents is 1. The molecule has 0 radical (unpaired) electrons. The number of rotatable bonds is 7. The van der Waals surface area contributed by atoms with E-state index in [0.29, 0.717) is 22.6 Å². The molecule has 190 valence electrons. The number of non-ortho nitro benzene ring substituents is 1. The van der Waals surface area contributed by atoms with Gasteiger partial charge in [-0.05, 0) is 26.0 Å². The number of aliphatic hydroxyl groups excluding tert-OH is 1. The maximum atomic E-state index is 13.8. The van der Waals surface area contributed by atoms with Crippen molar-refractivity contribution in [3.05, 3.63) is 57.6 Å². The summed E-state index contributed by atoms with van der Waals surface area (Å²) < 4.78 is 10.9. The molecule has 12 nitrogen and oxygen atoms in total. The second-order valence-electron chi connectivity index (χ2n) is 8.78. The number of carbonyl (C=O) groups excluding carboxylic acids is 2. The second-order valence-corrected chi connectivity index (χ2v) is 8.78. The summed E-state index contributed by atoms with van der Waals surface area (Å²) in [7, 11) is 2.89. The first-order valence-corrected chi connectivity index (χ1v) is 11.0. The summed E-state index contributed by atoms with van der Waals surface area (Å²) in [4.78, 5) is 51.4. The number of hydrogen-bond acceptors (Lipinski definition) is 9. The maximum Gasteiger partial charge on any atom is 0.327 e. The zero-order valence-electron chi connectivity index (χ0n) is 19.9. The van der Waals surface area contributed by atoms with E-state index in [1.54, 1.807) is 19.1 Å². The Morgan fingerprint density at radius 2 is 1.89 bits per heavy atom. The van der Waals surface area contributed by atoms with Crippen molar-refractivity contribution in [1.29, 1.82) is 0 Å². The number of imide groups is 1. The van der Waals surface area contributed by atoms with Crippen LogP contribution in [0.25, 0.3) is 0 Å². The first-order valence-electron chi connectivity index (χ1n) is 11.0. The molecular weight excluding hydrogens is 474 g/mol. The van der Waals surface area contributed by atoms with Crippen LogP contribution >= 0.6 is 0 Å². The fraction of sp³-hybridized carbons (Fsp3) is 0.375. The van der Waals surface area contributed by atoms with E-state index >= 15 is 0 Å². The van der Waals surface area contributed by atoms with Crippen LogP contribution in [0.2, 0.25) is 0 Å². The third-order valence-corrected chi connectivity index (χ3v) is 7.05. The smallest absolute Gasteiger partial charge is 0.327 e. The fourth-order valence-corrected chi connectivity index (χ4v) is 5.40. The number of fused-ring (bicyclic) bond motifs is 1. The predicted molar refractivity (Wildman–Crippen MR) is 125 cm³/mol. The van der Waals surface area contributed by atoms with Gasteiger partial charge in [-0.1, -0.05) is 12.1 Å². The van der Waals surface area contributed by atoms with Gasteiger partial charge in [-0.2, -0.15) is 0 Å². The van der Waals surface area contributed by atoms with Crippen LogP contribution in [0.5, 0.6) is 11.5 Å². The molecule has 0 aromatic heterocycles. The lowest BCUT2D eigenvalue weighted by Crippen LogP contribution is -2.62. The highest BCUT2D eigenvalue weighted by atomic mass is 16.6. The van der Waals surface area contributed by atoms with Crippen molar-refractivity contribution in [1.82, 2.24) is 5.32 Å². The largest absolute Gasteiger partial charge is 0.496 e. The first kappa shape index (κ1) is 25.1. The molecule has 2 saturated heterocycles. The lowest BCUT2D eigenvalue weighted by molar-refractivity contribution is -0.384. The summed E-state index contributed by atoms with van der Waals surface area (Å²) in [5.41, 5.74) is -1.62. The van der Waals surface area contributed by atoms with Crippen molar-refractivity contribution in [3.8, 4) is 11.5 Å². The summed E-state index contributed by atoms with van der Waals surface area (Å²) in [6, 6.07) is 7.16. The Labute approximate surface area is 205 Å². The minimum Gasteiger partial charge on any atom is -0.496 e. The van der Waals surface area contributed by atoms with Crippen molar-refractivity contribution in [2.24, 2.45) is 11.8 Å². The normalized spacial score (nSPS) is 26.0. The number of aliphatic carboxylic acids is 1. The van der Waals surface area contributed by atoms with Gasteiger partial charge in [-0.25, -0.2) is 4.90 Å². The Morgan fingerprint density at radius 1 is 1.19 bits per heavy atom. The zero-order chi connectivity index (χ0) is 26.5. The zero-order valence-corrected chi connectivity index (χ0v) is 19.9. The van der Waals surface area contributed by atoms with Crippen LogP contribution in [-0.4, -0.2) is 58.8 Å². The Hall–Kier alpha value is -4.03. The van der Waals surface area contributed by atoms with E-state index in [-0.39, 0.29) is 11.4 Å². The molecule has 2 aliphatic heterocycles. The Bertz CT molecular complexity index is 1280. The molecule has 2 fully saturated rings. The van der Waals surface area contributed by atoms with E-state index in [4.69, 9.17) is 9.47 Å². The van der Waals surface area contributed by atoms with Crippen LogP contribution in [-0.2, 0) is 14.4 Å². The number of anilines is 1. The quantitative estimate of drug-likeness (QED) is 0.289. The number of nitrogens with zero attached hydrogens (tertiary/aromatic N) is 2. The SMILES string of the molecule is COc1ccc(C2NC(C(=O)O)(C(C)O)C3C(=O)N(c4cccc([N+](=O)[O-])c4)C(=O)C23)c(OC)c1C. The van der Waals surface area contributed by atoms with Crippen LogP contribution in [0.3, 0.4) is 0 Å². The van der Waals surface area contributed by atoms with Gasteiger partial charge in [0.05, 0.1) is 42.8 Å².